The summed E-state index contributed by atoms with van der Waals surface area (Å²) in [6.07, 6.45) is 30.1. The van der Waals surface area contributed by atoms with Crippen molar-refractivity contribution in [2.24, 2.45) is 0 Å². The van der Waals surface area contributed by atoms with Crippen LogP contribution in [0.4, 0.5) is 0 Å². The highest BCUT2D eigenvalue weighted by molar-refractivity contribution is 5.69. The van der Waals surface area contributed by atoms with Gasteiger partial charge in [-0.25, -0.2) is 0 Å². The molecule has 0 aromatic heterocycles. The van der Waals surface area contributed by atoms with Crippen LogP contribution in [0.1, 0.15) is 78.1 Å². The van der Waals surface area contributed by atoms with E-state index < -0.39 is 12.1 Å². The maximum atomic E-state index is 11.7. The molecule has 0 aromatic carbocycles. The van der Waals surface area contributed by atoms with E-state index in [0.717, 1.165) is 57.8 Å². The van der Waals surface area contributed by atoms with E-state index in [9.17, 15) is 9.59 Å². The Morgan fingerprint density at radius 2 is 1.31 bits per heavy atom. The van der Waals surface area contributed by atoms with E-state index in [1.807, 2.05) is 0 Å². The fourth-order valence-corrected chi connectivity index (χ4v) is 2.66. The molecule has 32 heavy (non-hydrogen) atoms. The van der Waals surface area contributed by atoms with Crippen molar-refractivity contribution in [1.82, 2.24) is 0 Å². The number of carbonyl (C=O) groups is 2. The number of aliphatic hydroxyl groups excluding tert-OH is 1. The standard InChI is InChI=1S/C27H42O5/c1-3-4-5-6-7-8-9-10-11-12-13-14-15-16-17-18-19-20-21-22-27(30)32-26(23-28)24-31-25(2)29/h4-5,7-8,10-11,13-14,16-17,26,28H,3,6,9,12,15,18-24H2,1-2H3/b5-4-,8-7-,11-10-,14-13-,17-16-. The first kappa shape index (κ1) is 29.6. The van der Waals surface area contributed by atoms with Crippen LogP contribution in [-0.4, -0.2) is 36.4 Å². The molecule has 0 aliphatic heterocycles. The highest BCUT2D eigenvalue weighted by atomic mass is 16.6. The van der Waals surface area contributed by atoms with Crippen LogP contribution in [0.25, 0.3) is 0 Å². The van der Waals surface area contributed by atoms with Crippen molar-refractivity contribution in [2.45, 2.75) is 84.2 Å². The van der Waals surface area contributed by atoms with Crippen LogP contribution in [0.3, 0.4) is 0 Å². The maximum absolute atomic E-state index is 11.7. The summed E-state index contributed by atoms with van der Waals surface area (Å²) in [5, 5.41) is 9.13. The highest BCUT2D eigenvalue weighted by Crippen LogP contribution is 2.07. The van der Waals surface area contributed by atoms with Crippen LogP contribution in [0.2, 0.25) is 0 Å². The lowest BCUT2D eigenvalue weighted by Gasteiger charge is -2.15. The molecule has 0 fully saturated rings. The molecular weight excluding hydrogens is 404 g/mol. The van der Waals surface area contributed by atoms with Crippen molar-refractivity contribution in [3.05, 3.63) is 60.8 Å². The summed E-state index contributed by atoms with van der Waals surface area (Å²) in [7, 11) is 0. The van der Waals surface area contributed by atoms with Crippen LogP contribution in [0.15, 0.2) is 60.8 Å². The van der Waals surface area contributed by atoms with Crippen molar-refractivity contribution >= 4 is 11.9 Å². The lowest BCUT2D eigenvalue weighted by molar-refractivity contribution is -0.160. The Balaban J connectivity index is 3.61. The normalized spacial score (nSPS) is 13.2. The van der Waals surface area contributed by atoms with Crippen molar-refractivity contribution in [2.75, 3.05) is 13.2 Å². The first-order valence-corrected chi connectivity index (χ1v) is 11.8. The van der Waals surface area contributed by atoms with E-state index in [0.29, 0.717) is 6.42 Å². The summed E-state index contributed by atoms with van der Waals surface area (Å²) >= 11 is 0. The van der Waals surface area contributed by atoms with Gasteiger partial charge in [0.1, 0.15) is 6.61 Å². The first-order valence-electron chi connectivity index (χ1n) is 11.8. The minimum atomic E-state index is -0.785. The average Bonchev–Trinajstić information content (AvgIpc) is 2.78. The minimum Gasteiger partial charge on any atom is -0.462 e. The maximum Gasteiger partial charge on any atom is 0.306 e. The van der Waals surface area contributed by atoms with Gasteiger partial charge in [-0.1, -0.05) is 74.1 Å². The van der Waals surface area contributed by atoms with Crippen LogP contribution in [0.5, 0.6) is 0 Å². The van der Waals surface area contributed by atoms with Gasteiger partial charge >= 0.3 is 11.9 Å². The van der Waals surface area contributed by atoms with E-state index in [-0.39, 0.29) is 19.2 Å². The molecule has 0 rings (SSSR count). The Hall–Kier alpha value is -2.40. The van der Waals surface area contributed by atoms with Crippen LogP contribution in [-0.2, 0) is 19.1 Å². The Morgan fingerprint density at radius 1 is 0.781 bits per heavy atom. The second-order valence-electron chi connectivity index (χ2n) is 7.40. The molecule has 180 valence electrons. The molecule has 0 aliphatic rings. The fraction of sp³-hybridized carbons (Fsp3) is 0.556. The molecule has 0 saturated carbocycles. The summed E-state index contributed by atoms with van der Waals surface area (Å²) in [5.41, 5.74) is 0. The van der Waals surface area contributed by atoms with Gasteiger partial charge in [-0.3, -0.25) is 9.59 Å². The molecule has 5 nitrogen and oxygen atoms in total. The van der Waals surface area contributed by atoms with Crippen molar-refractivity contribution in [1.29, 1.82) is 0 Å². The van der Waals surface area contributed by atoms with Gasteiger partial charge < -0.3 is 14.6 Å². The van der Waals surface area contributed by atoms with Crippen LogP contribution >= 0.6 is 0 Å². The molecule has 0 aliphatic carbocycles. The van der Waals surface area contributed by atoms with Gasteiger partial charge in [0, 0.05) is 13.3 Å². The van der Waals surface area contributed by atoms with Gasteiger partial charge in [-0.05, 0) is 51.4 Å². The zero-order valence-corrected chi connectivity index (χ0v) is 19.9. The van der Waals surface area contributed by atoms with Crippen LogP contribution in [0, 0.1) is 0 Å². The van der Waals surface area contributed by atoms with E-state index in [1.165, 1.54) is 6.92 Å². The molecule has 0 amide bonds. The largest absolute Gasteiger partial charge is 0.462 e. The van der Waals surface area contributed by atoms with Gasteiger partial charge in [0.05, 0.1) is 6.61 Å². The second kappa shape index (κ2) is 23.3. The zero-order chi connectivity index (χ0) is 23.7. The number of aliphatic hydroxyl groups is 1. The monoisotopic (exact) mass is 446 g/mol. The average molecular weight is 447 g/mol. The molecule has 0 heterocycles. The smallest absolute Gasteiger partial charge is 0.306 e. The predicted molar refractivity (Wildman–Crippen MR) is 131 cm³/mol. The molecule has 1 N–H and O–H groups in total. The van der Waals surface area contributed by atoms with Crippen molar-refractivity contribution in [3.63, 3.8) is 0 Å². The number of hydrogen-bond donors (Lipinski definition) is 1. The van der Waals surface area contributed by atoms with Crippen LogP contribution < -0.4 is 0 Å². The third-order valence-electron chi connectivity index (χ3n) is 4.38. The quantitative estimate of drug-likeness (QED) is 0.146. The van der Waals surface area contributed by atoms with E-state index >= 15 is 0 Å². The number of esters is 2. The van der Waals surface area contributed by atoms with E-state index in [1.54, 1.807) is 0 Å². The third kappa shape index (κ3) is 22.3. The van der Waals surface area contributed by atoms with Gasteiger partial charge in [-0.2, -0.15) is 0 Å². The topological polar surface area (TPSA) is 72.8 Å². The Morgan fingerprint density at radius 3 is 1.81 bits per heavy atom. The molecule has 0 spiro atoms. The summed E-state index contributed by atoms with van der Waals surface area (Å²) in [6, 6.07) is 0. The fourth-order valence-electron chi connectivity index (χ4n) is 2.66. The molecular formula is C27H42O5. The Labute approximate surface area is 194 Å². The van der Waals surface area contributed by atoms with E-state index in [4.69, 9.17) is 14.6 Å². The van der Waals surface area contributed by atoms with Gasteiger partial charge in [0.25, 0.3) is 0 Å². The Bertz CT molecular complexity index is 614. The summed E-state index contributed by atoms with van der Waals surface area (Å²) < 4.78 is 9.83. The lowest BCUT2D eigenvalue weighted by Crippen LogP contribution is -2.28. The molecule has 1 unspecified atom stereocenters. The third-order valence-corrected chi connectivity index (χ3v) is 4.38. The Kier molecular flexibility index (Phi) is 21.5. The molecule has 0 saturated heterocycles. The molecule has 0 bridgehead atoms. The highest BCUT2D eigenvalue weighted by Gasteiger charge is 2.14. The minimum absolute atomic E-state index is 0.109. The van der Waals surface area contributed by atoms with Gasteiger partial charge in [0.2, 0.25) is 0 Å². The predicted octanol–water partition coefficient (Wildman–Crippen LogP) is 6.16. The second-order valence-corrected chi connectivity index (χ2v) is 7.40. The number of unbranched alkanes of at least 4 members (excludes halogenated alkanes) is 3. The molecule has 1 atom stereocenters. The lowest BCUT2D eigenvalue weighted by atomic mass is 10.1. The zero-order valence-electron chi connectivity index (χ0n) is 19.9. The van der Waals surface area contributed by atoms with Crippen molar-refractivity contribution in [3.8, 4) is 0 Å². The number of carbonyl (C=O) groups excluding carboxylic acids is 2. The first-order chi connectivity index (χ1) is 15.6. The number of allylic oxidation sites excluding steroid dienone is 10. The summed E-state index contributed by atoms with van der Waals surface area (Å²) in [6.45, 7) is 2.95. The van der Waals surface area contributed by atoms with E-state index in [2.05, 4.69) is 67.7 Å². The number of ether oxygens (including phenoxy) is 2. The number of rotatable bonds is 19. The summed E-state index contributed by atoms with van der Waals surface area (Å²) in [4.78, 5) is 22.5. The summed E-state index contributed by atoms with van der Waals surface area (Å²) in [5.74, 6) is -0.833. The van der Waals surface area contributed by atoms with Gasteiger partial charge in [-0.15, -0.1) is 0 Å². The number of hydrogen-bond acceptors (Lipinski definition) is 5. The molecule has 0 radical (unpaired) electrons. The van der Waals surface area contributed by atoms with Crippen molar-refractivity contribution < 1.29 is 24.2 Å². The molecule has 0 aromatic rings. The SMILES string of the molecule is CC/C=C\C/C=C\C/C=C\C/C=C\C/C=C\CCCCCC(=O)OC(CO)COC(C)=O. The van der Waals surface area contributed by atoms with Gasteiger partial charge in [0.15, 0.2) is 6.10 Å². The molecule has 5 heteroatoms.